The topological polar surface area (TPSA) is 58.4 Å². The lowest BCUT2D eigenvalue weighted by Crippen LogP contribution is -2.39. The number of hydrogen-bond acceptors (Lipinski definition) is 3. The van der Waals surface area contributed by atoms with E-state index in [2.05, 4.69) is 24.2 Å². The Morgan fingerprint density at radius 1 is 1.08 bits per heavy atom. The Hall–Kier alpha value is -2.63. The van der Waals surface area contributed by atoms with E-state index in [9.17, 15) is 9.59 Å². The molecule has 2 amide bonds. The van der Waals surface area contributed by atoms with Crippen molar-refractivity contribution in [2.45, 2.75) is 39.3 Å². The van der Waals surface area contributed by atoms with Gasteiger partial charge in [0.2, 0.25) is 0 Å². The SMILES string of the molecule is Cc1cccc(CN2CCn3nc(C(=O)N4CCCCC4)cc3C2=O)c1. The van der Waals surface area contributed by atoms with Crippen LogP contribution in [0.15, 0.2) is 30.3 Å². The number of likely N-dealkylation sites (tertiary alicyclic amines) is 1. The number of piperidine rings is 1. The molecule has 1 fully saturated rings. The molecule has 136 valence electrons. The summed E-state index contributed by atoms with van der Waals surface area (Å²) in [5.74, 6) is -0.104. The number of fused-ring (bicyclic) bond motifs is 1. The van der Waals surface area contributed by atoms with Crippen LogP contribution in [0, 0.1) is 6.92 Å². The van der Waals surface area contributed by atoms with Crippen LogP contribution in [0.2, 0.25) is 0 Å². The molecule has 1 aromatic carbocycles. The van der Waals surface area contributed by atoms with Crippen LogP contribution in [0.3, 0.4) is 0 Å². The molecular formula is C20H24N4O2. The molecule has 0 unspecified atom stereocenters. The van der Waals surface area contributed by atoms with E-state index in [4.69, 9.17) is 0 Å². The van der Waals surface area contributed by atoms with Crippen molar-refractivity contribution in [3.05, 3.63) is 52.8 Å². The Balaban J connectivity index is 1.51. The van der Waals surface area contributed by atoms with E-state index in [0.717, 1.165) is 31.5 Å². The van der Waals surface area contributed by atoms with E-state index >= 15 is 0 Å². The molecule has 0 bridgehead atoms. The van der Waals surface area contributed by atoms with Gasteiger partial charge in [-0.15, -0.1) is 0 Å². The maximum absolute atomic E-state index is 12.9. The molecule has 0 saturated carbocycles. The fourth-order valence-corrected chi connectivity index (χ4v) is 3.78. The van der Waals surface area contributed by atoms with Crippen molar-refractivity contribution in [2.75, 3.05) is 19.6 Å². The van der Waals surface area contributed by atoms with Gasteiger partial charge in [0, 0.05) is 32.2 Å². The van der Waals surface area contributed by atoms with E-state index in [1.807, 2.05) is 21.9 Å². The molecule has 0 N–H and O–H groups in total. The predicted octanol–water partition coefficient (Wildman–Crippen LogP) is 2.47. The molecule has 2 aliphatic rings. The number of aromatic nitrogens is 2. The third-order valence-electron chi connectivity index (χ3n) is 5.19. The van der Waals surface area contributed by atoms with Crippen LogP contribution in [-0.2, 0) is 13.1 Å². The molecule has 6 heteroatoms. The highest BCUT2D eigenvalue weighted by molar-refractivity contribution is 5.98. The standard InChI is InChI=1S/C20H24N4O2/c1-15-6-5-7-16(12-15)14-23-10-11-24-18(20(23)26)13-17(21-24)19(25)22-8-3-2-4-9-22/h5-7,12-13H,2-4,8-11,14H2,1H3. The van der Waals surface area contributed by atoms with Gasteiger partial charge >= 0.3 is 0 Å². The van der Waals surface area contributed by atoms with Crippen LogP contribution in [0.25, 0.3) is 0 Å². The summed E-state index contributed by atoms with van der Waals surface area (Å²) in [5.41, 5.74) is 3.22. The first-order chi connectivity index (χ1) is 12.6. The summed E-state index contributed by atoms with van der Waals surface area (Å²) in [4.78, 5) is 29.2. The molecule has 1 saturated heterocycles. The van der Waals surface area contributed by atoms with E-state index < -0.39 is 0 Å². The van der Waals surface area contributed by atoms with E-state index in [-0.39, 0.29) is 11.8 Å². The Kier molecular flexibility index (Phi) is 4.49. The fraction of sp³-hybridized carbons (Fsp3) is 0.450. The van der Waals surface area contributed by atoms with Crippen molar-refractivity contribution >= 4 is 11.8 Å². The number of rotatable bonds is 3. The summed E-state index contributed by atoms with van der Waals surface area (Å²) in [6.07, 6.45) is 3.26. The molecule has 0 radical (unpaired) electrons. The lowest BCUT2D eigenvalue weighted by Gasteiger charge is -2.27. The Bertz CT molecular complexity index is 836. The normalized spacial score (nSPS) is 17.3. The summed E-state index contributed by atoms with van der Waals surface area (Å²) < 4.78 is 1.69. The quantitative estimate of drug-likeness (QED) is 0.853. The van der Waals surface area contributed by atoms with E-state index in [1.54, 1.807) is 10.7 Å². The van der Waals surface area contributed by atoms with Gasteiger partial charge in [-0.25, -0.2) is 0 Å². The number of nitrogens with zero attached hydrogens (tertiary/aromatic N) is 4. The zero-order chi connectivity index (χ0) is 18.1. The van der Waals surface area contributed by atoms with Crippen molar-refractivity contribution in [1.29, 1.82) is 0 Å². The van der Waals surface area contributed by atoms with Crippen LogP contribution >= 0.6 is 0 Å². The summed E-state index contributed by atoms with van der Waals surface area (Å²) in [6, 6.07) is 9.87. The zero-order valence-corrected chi connectivity index (χ0v) is 15.1. The first-order valence-electron chi connectivity index (χ1n) is 9.34. The number of amides is 2. The van der Waals surface area contributed by atoms with Crippen LogP contribution in [-0.4, -0.2) is 51.0 Å². The molecule has 3 heterocycles. The van der Waals surface area contributed by atoms with Gasteiger partial charge in [-0.05, 0) is 31.7 Å². The summed E-state index contributed by atoms with van der Waals surface area (Å²) in [5, 5.41) is 4.41. The highest BCUT2D eigenvalue weighted by atomic mass is 16.2. The Morgan fingerprint density at radius 3 is 2.65 bits per heavy atom. The number of carbonyl (C=O) groups excluding carboxylic acids is 2. The molecule has 1 aromatic heterocycles. The lowest BCUT2D eigenvalue weighted by molar-refractivity contribution is 0.0678. The van der Waals surface area contributed by atoms with Crippen molar-refractivity contribution in [3.63, 3.8) is 0 Å². The highest BCUT2D eigenvalue weighted by Gasteiger charge is 2.29. The molecule has 2 aromatic rings. The minimum Gasteiger partial charge on any atom is -0.337 e. The van der Waals surface area contributed by atoms with E-state index in [1.165, 1.54) is 12.0 Å². The van der Waals surface area contributed by atoms with Gasteiger partial charge in [-0.2, -0.15) is 5.10 Å². The molecular weight excluding hydrogens is 328 g/mol. The van der Waals surface area contributed by atoms with Crippen LogP contribution in [0.4, 0.5) is 0 Å². The Morgan fingerprint density at radius 2 is 1.88 bits per heavy atom. The molecule has 26 heavy (non-hydrogen) atoms. The first kappa shape index (κ1) is 16.8. The monoisotopic (exact) mass is 352 g/mol. The van der Waals surface area contributed by atoms with Crippen molar-refractivity contribution in [2.24, 2.45) is 0 Å². The maximum Gasteiger partial charge on any atom is 0.274 e. The molecule has 0 aliphatic carbocycles. The molecule has 2 aliphatic heterocycles. The largest absolute Gasteiger partial charge is 0.337 e. The maximum atomic E-state index is 12.9. The van der Waals surface area contributed by atoms with Crippen LogP contribution in [0.5, 0.6) is 0 Å². The lowest BCUT2D eigenvalue weighted by atomic mass is 10.1. The van der Waals surface area contributed by atoms with E-state index in [0.29, 0.717) is 31.0 Å². The second-order valence-corrected chi connectivity index (χ2v) is 7.21. The van der Waals surface area contributed by atoms with Gasteiger partial charge in [0.25, 0.3) is 11.8 Å². The van der Waals surface area contributed by atoms with Gasteiger partial charge < -0.3 is 9.80 Å². The number of aryl methyl sites for hydroxylation is 1. The first-order valence-corrected chi connectivity index (χ1v) is 9.34. The minimum absolute atomic E-state index is 0.0513. The van der Waals surface area contributed by atoms with Crippen LogP contribution < -0.4 is 0 Å². The molecule has 6 nitrogen and oxygen atoms in total. The number of benzene rings is 1. The highest BCUT2D eigenvalue weighted by Crippen LogP contribution is 2.19. The second-order valence-electron chi connectivity index (χ2n) is 7.21. The summed E-state index contributed by atoms with van der Waals surface area (Å²) in [6.45, 7) is 5.44. The van der Waals surface area contributed by atoms with Crippen LogP contribution in [0.1, 0.15) is 51.4 Å². The Labute approximate surface area is 153 Å². The minimum atomic E-state index is -0.0528. The predicted molar refractivity (Wildman–Crippen MR) is 97.9 cm³/mol. The van der Waals surface area contributed by atoms with Crippen molar-refractivity contribution in [3.8, 4) is 0 Å². The average Bonchev–Trinajstić information content (AvgIpc) is 3.09. The van der Waals surface area contributed by atoms with Gasteiger partial charge in [0.1, 0.15) is 5.69 Å². The zero-order valence-electron chi connectivity index (χ0n) is 15.1. The van der Waals surface area contributed by atoms with Crippen molar-refractivity contribution < 1.29 is 9.59 Å². The summed E-state index contributed by atoms with van der Waals surface area (Å²) in [7, 11) is 0. The number of hydrogen-bond donors (Lipinski definition) is 0. The third kappa shape index (κ3) is 3.23. The van der Waals surface area contributed by atoms with Gasteiger partial charge in [-0.1, -0.05) is 29.8 Å². The van der Waals surface area contributed by atoms with Gasteiger partial charge in [0.15, 0.2) is 5.69 Å². The van der Waals surface area contributed by atoms with Gasteiger partial charge in [-0.3, -0.25) is 14.3 Å². The van der Waals surface area contributed by atoms with Crippen molar-refractivity contribution in [1.82, 2.24) is 19.6 Å². The fourth-order valence-electron chi connectivity index (χ4n) is 3.78. The third-order valence-corrected chi connectivity index (χ3v) is 5.19. The molecule has 4 rings (SSSR count). The summed E-state index contributed by atoms with van der Waals surface area (Å²) >= 11 is 0. The number of carbonyl (C=O) groups is 2. The second kappa shape index (κ2) is 6.94. The van der Waals surface area contributed by atoms with Gasteiger partial charge in [0.05, 0.1) is 6.54 Å². The molecule has 0 spiro atoms. The average molecular weight is 352 g/mol. The smallest absolute Gasteiger partial charge is 0.274 e. The molecule has 0 atom stereocenters.